The van der Waals surface area contributed by atoms with Gasteiger partial charge < -0.3 is 10.2 Å². The lowest BCUT2D eigenvalue weighted by molar-refractivity contribution is -0.132. The van der Waals surface area contributed by atoms with Crippen LogP contribution < -0.4 is 5.32 Å². The summed E-state index contributed by atoms with van der Waals surface area (Å²) in [4.78, 5) is 27.1. The van der Waals surface area contributed by atoms with Crippen LogP contribution in [0.25, 0.3) is 6.08 Å². The summed E-state index contributed by atoms with van der Waals surface area (Å²) < 4.78 is 0. The van der Waals surface area contributed by atoms with E-state index < -0.39 is 0 Å². The molecule has 0 radical (unpaired) electrons. The first-order valence-corrected chi connectivity index (χ1v) is 9.30. The van der Waals surface area contributed by atoms with Crippen LogP contribution in [0.4, 0.5) is 0 Å². The Morgan fingerprint density at radius 2 is 2.22 bits per heavy atom. The Balaban J connectivity index is 1.94. The summed E-state index contributed by atoms with van der Waals surface area (Å²) in [6.45, 7) is 0.832. The second kappa shape index (κ2) is 9.50. The second-order valence-corrected chi connectivity index (χ2v) is 6.88. The molecular formula is C18H26N2O2S. The first-order valence-electron chi connectivity index (χ1n) is 8.42. The summed E-state index contributed by atoms with van der Waals surface area (Å²) in [6.07, 6.45) is 10.3. The summed E-state index contributed by atoms with van der Waals surface area (Å²) in [6, 6.07) is 4.32. The maximum absolute atomic E-state index is 12.6. The predicted octanol–water partition coefficient (Wildman–Crippen LogP) is 3.45. The quantitative estimate of drug-likeness (QED) is 0.866. The molecule has 126 valence electrons. The highest BCUT2D eigenvalue weighted by molar-refractivity contribution is 7.10. The molecule has 23 heavy (non-hydrogen) atoms. The molecule has 0 saturated carbocycles. The van der Waals surface area contributed by atoms with Gasteiger partial charge in [0.05, 0.1) is 6.04 Å². The maximum Gasteiger partial charge on any atom is 0.223 e. The zero-order chi connectivity index (χ0) is 16.5. The molecule has 4 nitrogen and oxygen atoms in total. The average Bonchev–Trinajstić information content (AvgIpc) is 2.96. The second-order valence-electron chi connectivity index (χ2n) is 5.91. The van der Waals surface area contributed by atoms with Crippen LogP contribution in [0.15, 0.2) is 23.6 Å². The van der Waals surface area contributed by atoms with E-state index in [1.165, 1.54) is 17.7 Å². The Bertz CT molecular complexity index is 525. The van der Waals surface area contributed by atoms with Crippen molar-refractivity contribution >= 4 is 29.2 Å². The normalized spacial score (nSPS) is 18.8. The SMILES string of the molecule is CNC(=O)CCCC(=O)N1CCCCCC1/C=C/c1cccs1. The molecule has 1 aliphatic rings. The van der Waals surface area contributed by atoms with Crippen LogP contribution in [0, 0.1) is 0 Å². The van der Waals surface area contributed by atoms with Gasteiger partial charge in [0.1, 0.15) is 0 Å². The van der Waals surface area contributed by atoms with Crippen LogP contribution in [0.1, 0.15) is 49.8 Å². The topological polar surface area (TPSA) is 49.4 Å². The van der Waals surface area contributed by atoms with E-state index in [4.69, 9.17) is 0 Å². The van der Waals surface area contributed by atoms with Crippen molar-refractivity contribution in [1.29, 1.82) is 0 Å². The lowest BCUT2D eigenvalue weighted by Crippen LogP contribution is -2.38. The van der Waals surface area contributed by atoms with Crippen LogP contribution >= 0.6 is 11.3 Å². The Morgan fingerprint density at radius 1 is 1.35 bits per heavy atom. The van der Waals surface area contributed by atoms with Gasteiger partial charge in [0.2, 0.25) is 11.8 Å². The highest BCUT2D eigenvalue weighted by atomic mass is 32.1. The Morgan fingerprint density at radius 3 is 2.96 bits per heavy atom. The van der Waals surface area contributed by atoms with Crippen molar-refractivity contribution in [3.8, 4) is 0 Å². The molecular weight excluding hydrogens is 308 g/mol. The zero-order valence-corrected chi connectivity index (χ0v) is 14.6. The molecule has 0 aromatic carbocycles. The zero-order valence-electron chi connectivity index (χ0n) is 13.8. The molecule has 1 aromatic rings. The van der Waals surface area contributed by atoms with E-state index in [9.17, 15) is 9.59 Å². The number of likely N-dealkylation sites (tertiary alicyclic amines) is 1. The molecule has 1 fully saturated rings. The van der Waals surface area contributed by atoms with E-state index in [2.05, 4.69) is 28.9 Å². The lowest BCUT2D eigenvalue weighted by atomic mass is 10.1. The first kappa shape index (κ1) is 17.7. The van der Waals surface area contributed by atoms with Crippen LogP contribution in [0.2, 0.25) is 0 Å². The van der Waals surface area contributed by atoms with E-state index in [1.807, 2.05) is 11.0 Å². The molecule has 1 saturated heterocycles. The largest absolute Gasteiger partial charge is 0.359 e. The Kier molecular flexibility index (Phi) is 7.33. The third kappa shape index (κ3) is 5.82. The Hall–Kier alpha value is -1.62. The number of nitrogens with zero attached hydrogens (tertiary/aromatic N) is 1. The van der Waals surface area contributed by atoms with Crippen molar-refractivity contribution in [3.63, 3.8) is 0 Å². The van der Waals surface area contributed by atoms with Crippen LogP contribution in [-0.2, 0) is 9.59 Å². The predicted molar refractivity (Wildman–Crippen MR) is 95.2 cm³/mol. The van der Waals surface area contributed by atoms with Gasteiger partial charge in [-0.25, -0.2) is 0 Å². The van der Waals surface area contributed by atoms with Crippen molar-refractivity contribution in [2.75, 3.05) is 13.6 Å². The number of rotatable bonds is 6. The fourth-order valence-electron chi connectivity index (χ4n) is 2.90. The molecule has 2 rings (SSSR count). The van der Waals surface area contributed by atoms with E-state index in [0.29, 0.717) is 19.3 Å². The van der Waals surface area contributed by atoms with Gasteiger partial charge in [0.15, 0.2) is 0 Å². The van der Waals surface area contributed by atoms with Crippen molar-refractivity contribution in [2.45, 2.75) is 51.0 Å². The van der Waals surface area contributed by atoms with Crippen LogP contribution in [0.5, 0.6) is 0 Å². The number of carbonyl (C=O) groups is 2. The van der Waals surface area contributed by atoms with Crippen LogP contribution in [-0.4, -0.2) is 36.3 Å². The average molecular weight is 334 g/mol. The molecule has 0 aliphatic carbocycles. The minimum atomic E-state index is 0.00260. The van der Waals surface area contributed by atoms with Gasteiger partial charge in [-0.2, -0.15) is 0 Å². The minimum Gasteiger partial charge on any atom is -0.359 e. The molecule has 1 unspecified atom stereocenters. The van der Waals surface area contributed by atoms with Crippen LogP contribution in [0.3, 0.4) is 0 Å². The van der Waals surface area contributed by atoms with Gasteiger partial charge >= 0.3 is 0 Å². The van der Waals surface area contributed by atoms with Gasteiger partial charge in [0, 0.05) is 31.3 Å². The molecule has 2 heterocycles. The lowest BCUT2D eigenvalue weighted by Gasteiger charge is -2.28. The molecule has 1 atom stereocenters. The summed E-state index contributed by atoms with van der Waals surface area (Å²) in [7, 11) is 1.63. The van der Waals surface area contributed by atoms with Crippen molar-refractivity contribution in [3.05, 3.63) is 28.5 Å². The van der Waals surface area contributed by atoms with Gasteiger partial charge in [-0.05, 0) is 36.8 Å². The number of carbonyl (C=O) groups excluding carboxylic acids is 2. The molecule has 0 spiro atoms. The van der Waals surface area contributed by atoms with E-state index in [1.54, 1.807) is 18.4 Å². The summed E-state index contributed by atoms with van der Waals surface area (Å²) >= 11 is 1.71. The Labute approximate surface area is 142 Å². The maximum atomic E-state index is 12.6. The number of thiophene rings is 1. The third-order valence-electron chi connectivity index (χ3n) is 4.22. The van der Waals surface area contributed by atoms with Gasteiger partial charge in [-0.15, -0.1) is 11.3 Å². The number of hydrogen-bond donors (Lipinski definition) is 1. The summed E-state index contributed by atoms with van der Waals surface area (Å²) in [5, 5.41) is 4.66. The first-order chi connectivity index (χ1) is 11.2. The molecule has 0 bridgehead atoms. The highest BCUT2D eigenvalue weighted by Crippen LogP contribution is 2.21. The number of amides is 2. The van der Waals surface area contributed by atoms with Gasteiger partial charge in [0.25, 0.3) is 0 Å². The van der Waals surface area contributed by atoms with E-state index >= 15 is 0 Å². The number of nitrogens with one attached hydrogen (secondary N) is 1. The fourth-order valence-corrected chi connectivity index (χ4v) is 3.53. The van der Waals surface area contributed by atoms with Crippen molar-refractivity contribution in [2.24, 2.45) is 0 Å². The molecule has 5 heteroatoms. The van der Waals surface area contributed by atoms with E-state index in [-0.39, 0.29) is 17.9 Å². The monoisotopic (exact) mass is 334 g/mol. The molecule has 1 aromatic heterocycles. The molecule has 1 aliphatic heterocycles. The van der Waals surface area contributed by atoms with Crippen molar-refractivity contribution < 1.29 is 9.59 Å². The minimum absolute atomic E-state index is 0.00260. The smallest absolute Gasteiger partial charge is 0.223 e. The van der Waals surface area contributed by atoms with Gasteiger partial charge in [-0.3, -0.25) is 9.59 Å². The summed E-state index contributed by atoms with van der Waals surface area (Å²) in [5.74, 6) is 0.180. The van der Waals surface area contributed by atoms with Crippen molar-refractivity contribution in [1.82, 2.24) is 10.2 Å². The van der Waals surface area contributed by atoms with Gasteiger partial charge in [-0.1, -0.05) is 25.0 Å². The molecule has 1 N–H and O–H groups in total. The molecule has 2 amide bonds. The third-order valence-corrected chi connectivity index (χ3v) is 5.06. The van der Waals surface area contributed by atoms with E-state index in [0.717, 1.165) is 19.4 Å². The highest BCUT2D eigenvalue weighted by Gasteiger charge is 2.23. The summed E-state index contributed by atoms with van der Waals surface area (Å²) in [5.41, 5.74) is 0. The number of hydrogen-bond acceptors (Lipinski definition) is 3. The standard InChI is InChI=1S/C18H26N2O2S/c1-19-17(21)9-5-10-18(22)20-13-4-2-3-7-15(20)11-12-16-8-6-14-23-16/h6,8,11-12,14-15H,2-5,7,9-10,13H2,1H3,(H,19,21)/b12-11+. The fraction of sp³-hybridized carbons (Fsp3) is 0.556.